The van der Waals surface area contributed by atoms with Gasteiger partial charge in [-0.15, -0.1) is 0 Å². The smallest absolute Gasteiger partial charge is 0.272 e. The van der Waals surface area contributed by atoms with Crippen molar-refractivity contribution in [3.8, 4) is 16.9 Å². The van der Waals surface area contributed by atoms with E-state index in [4.69, 9.17) is 4.74 Å². The number of carbonyl (C=O) groups excluding carboxylic acids is 3. The molecule has 2 aromatic carbocycles. The van der Waals surface area contributed by atoms with Gasteiger partial charge >= 0.3 is 0 Å². The Morgan fingerprint density at radius 3 is 2.65 bits per heavy atom. The minimum Gasteiger partial charge on any atom is -0.482 e. The minimum absolute atomic E-state index is 0.0194. The normalized spacial score (nSPS) is 14.5. The summed E-state index contributed by atoms with van der Waals surface area (Å²) in [5, 5.41) is 2.71. The Balaban J connectivity index is 1.44. The van der Waals surface area contributed by atoms with Crippen LogP contribution in [0.4, 0.5) is 5.69 Å². The Morgan fingerprint density at radius 2 is 1.92 bits per heavy atom. The molecule has 2 aliphatic rings. The van der Waals surface area contributed by atoms with E-state index in [-0.39, 0.29) is 41.2 Å². The monoisotopic (exact) mass is 499 g/mol. The van der Waals surface area contributed by atoms with Crippen LogP contribution in [0.5, 0.6) is 5.75 Å². The quantitative estimate of drug-likeness (QED) is 0.520. The number of hydrogen-bond donors (Lipinski definition) is 1. The zero-order valence-electron chi connectivity index (χ0n) is 20.5. The highest BCUT2D eigenvalue weighted by atomic mass is 16.5. The number of para-hydroxylation sites is 1. The molecule has 1 N–H and O–H groups in total. The second-order valence-corrected chi connectivity index (χ2v) is 9.07. The molecule has 2 heterocycles. The van der Waals surface area contributed by atoms with E-state index in [0.717, 1.165) is 23.0 Å². The van der Waals surface area contributed by atoms with Crippen LogP contribution in [0.3, 0.4) is 0 Å². The fourth-order valence-electron chi connectivity index (χ4n) is 4.23. The number of nitrogens with zero attached hydrogens (tertiary/aromatic N) is 4. The maximum absolute atomic E-state index is 13.3. The van der Waals surface area contributed by atoms with Gasteiger partial charge in [-0.25, -0.2) is 4.98 Å². The van der Waals surface area contributed by atoms with Crippen molar-refractivity contribution in [1.82, 2.24) is 19.8 Å². The Kier molecular flexibility index (Phi) is 5.87. The first-order chi connectivity index (χ1) is 17.7. The van der Waals surface area contributed by atoms with Gasteiger partial charge in [0.2, 0.25) is 0 Å². The molecular formula is C27H25N5O5. The van der Waals surface area contributed by atoms with Crippen molar-refractivity contribution < 1.29 is 19.1 Å². The van der Waals surface area contributed by atoms with Crippen LogP contribution >= 0.6 is 0 Å². The summed E-state index contributed by atoms with van der Waals surface area (Å²) in [6.45, 7) is 7.37. The van der Waals surface area contributed by atoms with Crippen molar-refractivity contribution >= 4 is 40.0 Å². The molecule has 10 nitrogen and oxygen atoms in total. The van der Waals surface area contributed by atoms with Crippen LogP contribution in [0.25, 0.3) is 27.7 Å². The number of ether oxygens (including phenoxy) is 1. The SMILES string of the molecule is C=C(NC(=O)C(=C)n1cnc2c(-c3ccc4c(c3)N(C)C(=O)CO4)cccc2c1=O)C(=O)N(C)C1CC1. The molecule has 0 unspecified atom stereocenters. The topological polar surface area (TPSA) is 114 Å². The number of nitrogens with one attached hydrogen (secondary N) is 1. The number of hydrogen-bond acceptors (Lipinski definition) is 6. The summed E-state index contributed by atoms with van der Waals surface area (Å²) in [5.74, 6) is -0.694. The zero-order valence-corrected chi connectivity index (χ0v) is 20.5. The summed E-state index contributed by atoms with van der Waals surface area (Å²) in [6, 6.07) is 10.7. The molecule has 1 aliphatic heterocycles. The van der Waals surface area contributed by atoms with E-state index < -0.39 is 11.5 Å². The van der Waals surface area contributed by atoms with Crippen LogP contribution in [-0.2, 0) is 14.4 Å². The van der Waals surface area contributed by atoms with E-state index in [1.54, 1.807) is 32.3 Å². The molecule has 5 rings (SSSR count). The summed E-state index contributed by atoms with van der Waals surface area (Å²) < 4.78 is 6.54. The van der Waals surface area contributed by atoms with Crippen molar-refractivity contribution in [1.29, 1.82) is 0 Å². The van der Waals surface area contributed by atoms with Gasteiger partial charge in [0.15, 0.2) is 6.61 Å². The van der Waals surface area contributed by atoms with Crippen LogP contribution in [-0.4, -0.2) is 58.9 Å². The molecule has 1 fully saturated rings. The van der Waals surface area contributed by atoms with Gasteiger partial charge in [-0.2, -0.15) is 0 Å². The summed E-state index contributed by atoms with van der Waals surface area (Å²) in [6.07, 6.45) is 3.07. The van der Waals surface area contributed by atoms with Crippen LogP contribution in [0.15, 0.2) is 66.4 Å². The van der Waals surface area contributed by atoms with Crippen LogP contribution in [0.2, 0.25) is 0 Å². The molecule has 1 aliphatic carbocycles. The number of carbonyl (C=O) groups is 3. The van der Waals surface area contributed by atoms with Crippen LogP contribution in [0.1, 0.15) is 12.8 Å². The number of anilines is 1. The van der Waals surface area contributed by atoms with Crippen LogP contribution in [0, 0.1) is 0 Å². The second kappa shape index (κ2) is 9.05. The molecule has 37 heavy (non-hydrogen) atoms. The van der Waals surface area contributed by atoms with Crippen molar-refractivity contribution in [2.45, 2.75) is 18.9 Å². The fourth-order valence-corrected chi connectivity index (χ4v) is 4.23. The first-order valence-corrected chi connectivity index (χ1v) is 11.7. The van der Waals surface area contributed by atoms with E-state index >= 15 is 0 Å². The maximum Gasteiger partial charge on any atom is 0.272 e. The van der Waals surface area contributed by atoms with E-state index in [1.807, 2.05) is 18.2 Å². The summed E-state index contributed by atoms with van der Waals surface area (Å²) in [4.78, 5) is 58.1. The number of fused-ring (bicyclic) bond motifs is 2. The first kappa shape index (κ1) is 24.0. The third-order valence-electron chi connectivity index (χ3n) is 6.63. The number of benzene rings is 2. The summed E-state index contributed by atoms with van der Waals surface area (Å²) >= 11 is 0. The molecule has 10 heteroatoms. The first-order valence-electron chi connectivity index (χ1n) is 11.7. The Labute approximate surface area is 212 Å². The number of aromatic nitrogens is 2. The molecule has 1 saturated carbocycles. The average Bonchev–Trinajstić information content (AvgIpc) is 3.75. The van der Waals surface area contributed by atoms with Gasteiger partial charge < -0.3 is 19.9 Å². The van der Waals surface area contributed by atoms with Crippen molar-refractivity contribution in [2.75, 3.05) is 25.6 Å². The molecule has 0 spiro atoms. The van der Waals surface area contributed by atoms with Gasteiger partial charge in [-0.3, -0.25) is 23.7 Å². The lowest BCUT2D eigenvalue weighted by Crippen LogP contribution is -2.38. The van der Waals surface area contributed by atoms with Crippen LogP contribution < -0.4 is 20.5 Å². The van der Waals surface area contributed by atoms with Gasteiger partial charge in [0, 0.05) is 25.7 Å². The average molecular weight is 500 g/mol. The lowest BCUT2D eigenvalue weighted by atomic mass is 10.0. The lowest BCUT2D eigenvalue weighted by Gasteiger charge is -2.26. The number of rotatable bonds is 6. The van der Waals surface area contributed by atoms with Gasteiger partial charge in [0.25, 0.3) is 23.3 Å². The highest BCUT2D eigenvalue weighted by Crippen LogP contribution is 2.36. The standard InChI is InChI=1S/C27H25N5O5/c1-15(26(35)30(3)18-9-10-18)29-25(34)16(2)32-14-28-24-19(6-5-7-20(24)27(32)36)17-8-11-22-21(12-17)31(4)23(33)13-37-22/h5-8,11-12,14,18H,1-2,9-10,13H2,3-4H3,(H,29,34). The molecule has 3 aromatic rings. The molecule has 0 atom stereocenters. The summed E-state index contributed by atoms with van der Waals surface area (Å²) in [5.41, 5.74) is 1.67. The number of amides is 3. The zero-order chi connectivity index (χ0) is 26.4. The maximum atomic E-state index is 13.3. The molecule has 0 bridgehead atoms. The highest BCUT2D eigenvalue weighted by Gasteiger charge is 2.31. The summed E-state index contributed by atoms with van der Waals surface area (Å²) in [7, 11) is 3.34. The molecule has 1 aromatic heterocycles. The Hall–Kier alpha value is -4.73. The lowest BCUT2D eigenvalue weighted by molar-refractivity contribution is -0.128. The predicted octanol–water partition coefficient (Wildman–Crippen LogP) is 2.14. The van der Waals surface area contributed by atoms with Gasteiger partial charge in [-0.1, -0.05) is 31.4 Å². The van der Waals surface area contributed by atoms with Gasteiger partial charge in [0.05, 0.1) is 22.3 Å². The minimum atomic E-state index is -0.732. The largest absolute Gasteiger partial charge is 0.482 e. The molecule has 188 valence electrons. The molecular weight excluding hydrogens is 474 g/mol. The van der Waals surface area contributed by atoms with Crippen molar-refractivity contribution in [3.63, 3.8) is 0 Å². The Morgan fingerprint density at radius 1 is 1.16 bits per heavy atom. The van der Waals surface area contributed by atoms with E-state index in [1.165, 1.54) is 16.1 Å². The second-order valence-electron chi connectivity index (χ2n) is 9.07. The molecule has 3 amide bonds. The third-order valence-corrected chi connectivity index (χ3v) is 6.63. The number of likely N-dealkylation sites (N-methyl/N-ethyl adjacent to an activating group) is 2. The van der Waals surface area contributed by atoms with E-state index in [9.17, 15) is 19.2 Å². The van der Waals surface area contributed by atoms with Crippen molar-refractivity contribution in [2.24, 2.45) is 0 Å². The predicted molar refractivity (Wildman–Crippen MR) is 139 cm³/mol. The van der Waals surface area contributed by atoms with Gasteiger partial charge in [0.1, 0.15) is 17.8 Å². The molecule has 0 saturated heterocycles. The Bertz CT molecular complexity index is 1570. The van der Waals surface area contributed by atoms with Gasteiger partial charge in [-0.05, 0) is 36.6 Å². The fraction of sp³-hybridized carbons (Fsp3) is 0.222. The molecule has 0 radical (unpaired) electrons. The third kappa shape index (κ3) is 4.26. The van der Waals surface area contributed by atoms with E-state index in [2.05, 4.69) is 23.5 Å². The van der Waals surface area contributed by atoms with Crippen molar-refractivity contribution in [3.05, 3.63) is 71.9 Å². The van der Waals surface area contributed by atoms with E-state index in [0.29, 0.717) is 22.5 Å². The highest BCUT2D eigenvalue weighted by molar-refractivity contribution is 6.15.